The highest BCUT2D eigenvalue weighted by molar-refractivity contribution is 5.89. The number of carboxylic acid groups (broad SMARTS) is 1. The van der Waals surface area contributed by atoms with Crippen LogP contribution in [0.2, 0.25) is 0 Å². The molecule has 4 rings (SSSR count). The van der Waals surface area contributed by atoms with Gasteiger partial charge in [-0.15, -0.1) is 10.2 Å². The number of carboxylic acids is 1. The minimum absolute atomic E-state index is 0.0498. The van der Waals surface area contributed by atoms with Crippen molar-refractivity contribution in [2.24, 2.45) is 10.2 Å². The summed E-state index contributed by atoms with van der Waals surface area (Å²) in [6.07, 6.45) is 0. The van der Waals surface area contributed by atoms with Crippen molar-refractivity contribution in [2.45, 2.75) is 20.8 Å². The van der Waals surface area contributed by atoms with Crippen molar-refractivity contribution in [1.82, 2.24) is 9.78 Å². The van der Waals surface area contributed by atoms with Crippen molar-refractivity contribution < 1.29 is 14.3 Å². The summed E-state index contributed by atoms with van der Waals surface area (Å²) in [5.41, 5.74) is 3.56. The average Bonchev–Trinajstić information content (AvgIpc) is 3.08. The first-order valence-electron chi connectivity index (χ1n) is 10.2. The van der Waals surface area contributed by atoms with Crippen LogP contribution >= 0.6 is 0 Å². The Morgan fingerprint density at radius 3 is 2.45 bits per heavy atom. The third-order valence-electron chi connectivity index (χ3n) is 5.45. The number of nitrogens with zero attached hydrogens (tertiary/aromatic N) is 3. The molecule has 2 N–H and O–H groups in total. The van der Waals surface area contributed by atoms with E-state index in [1.54, 1.807) is 25.1 Å². The SMILES string of the molecule is Cc1ccc(-n2[nH]c(C)c(N=Nc3cccc(-c4cccc(C(=O)O)c4)c3F)c2=O)cc1C. The molecule has 1 aromatic heterocycles. The summed E-state index contributed by atoms with van der Waals surface area (Å²) in [5.74, 6) is -1.76. The third-order valence-corrected chi connectivity index (χ3v) is 5.45. The number of aromatic amines is 1. The van der Waals surface area contributed by atoms with Crippen LogP contribution in [0.5, 0.6) is 0 Å². The van der Waals surface area contributed by atoms with Gasteiger partial charge in [-0.25, -0.2) is 13.9 Å². The molecular weight excluding hydrogens is 423 g/mol. The molecule has 0 spiro atoms. The summed E-state index contributed by atoms with van der Waals surface area (Å²) in [4.78, 5) is 24.1. The van der Waals surface area contributed by atoms with Crippen LogP contribution in [0.25, 0.3) is 16.8 Å². The normalized spacial score (nSPS) is 11.3. The lowest BCUT2D eigenvalue weighted by atomic mass is 10.0. The number of hydrogen-bond donors (Lipinski definition) is 2. The van der Waals surface area contributed by atoms with Crippen molar-refractivity contribution in [3.63, 3.8) is 0 Å². The molecule has 0 aliphatic heterocycles. The first-order chi connectivity index (χ1) is 15.8. The van der Waals surface area contributed by atoms with Crippen molar-refractivity contribution in [2.75, 3.05) is 0 Å². The van der Waals surface area contributed by atoms with E-state index in [4.69, 9.17) is 0 Å². The monoisotopic (exact) mass is 444 g/mol. The zero-order valence-electron chi connectivity index (χ0n) is 18.3. The number of rotatable bonds is 5. The van der Waals surface area contributed by atoms with Crippen LogP contribution in [0.4, 0.5) is 15.8 Å². The Labute approximate surface area is 188 Å². The molecule has 166 valence electrons. The van der Waals surface area contributed by atoms with E-state index in [1.807, 2.05) is 32.0 Å². The van der Waals surface area contributed by atoms with E-state index in [2.05, 4.69) is 15.3 Å². The second-order valence-electron chi connectivity index (χ2n) is 7.72. The number of aromatic nitrogens is 2. The number of aryl methyl sites for hydroxylation is 3. The zero-order valence-corrected chi connectivity index (χ0v) is 18.3. The Balaban J connectivity index is 1.71. The Kier molecular flexibility index (Phi) is 5.74. The van der Waals surface area contributed by atoms with Crippen LogP contribution in [0.1, 0.15) is 27.2 Å². The number of carbonyl (C=O) groups is 1. The van der Waals surface area contributed by atoms with E-state index in [-0.39, 0.29) is 22.5 Å². The maximum absolute atomic E-state index is 15.2. The van der Waals surface area contributed by atoms with Crippen LogP contribution in [0.15, 0.2) is 75.7 Å². The molecule has 0 unspecified atom stereocenters. The summed E-state index contributed by atoms with van der Waals surface area (Å²) >= 11 is 0. The minimum Gasteiger partial charge on any atom is -0.478 e. The van der Waals surface area contributed by atoms with Crippen LogP contribution < -0.4 is 5.56 Å². The van der Waals surface area contributed by atoms with Gasteiger partial charge in [0.2, 0.25) is 0 Å². The highest BCUT2D eigenvalue weighted by Gasteiger charge is 2.15. The van der Waals surface area contributed by atoms with E-state index in [0.29, 0.717) is 16.9 Å². The molecule has 0 fully saturated rings. The van der Waals surface area contributed by atoms with Gasteiger partial charge in [0.25, 0.3) is 5.56 Å². The molecule has 0 atom stereocenters. The summed E-state index contributed by atoms with van der Waals surface area (Å²) in [6, 6.07) is 16.2. The van der Waals surface area contributed by atoms with Gasteiger partial charge < -0.3 is 5.11 Å². The first kappa shape index (κ1) is 21.9. The molecular formula is C25H21FN4O3. The molecule has 0 saturated carbocycles. The predicted molar refractivity (Wildman–Crippen MR) is 124 cm³/mol. The smallest absolute Gasteiger partial charge is 0.335 e. The molecule has 3 aromatic carbocycles. The summed E-state index contributed by atoms with van der Waals surface area (Å²) < 4.78 is 16.5. The topological polar surface area (TPSA) is 99.8 Å². The van der Waals surface area contributed by atoms with Gasteiger partial charge >= 0.3 is 5.97 Å². The van der Waals surface area contributed by atoms with E-state index in [9.17, 15) is 14.7 Å². The summed E-state index contributed by atoms with van der Waals surface area (Å²) in [5, 5.41) is 20.2. The van der Waals surface area contributed by atoms with Gasteiger partial charge in [0.05, 0.1) is 16.9 Å². The molecule has 1 heterocycles. The van der Waals surface area contributed by atoms with Crippen molar-refractivity contribution in [1.29, 1.82) is 0 Å². The molecule has 8 heteroatoms. The van der Waals surface area contributed by atoms with Gasteiger partial charge in [0.1, 0.15) is 5.69 Å². The lowest BCUT2D eigenvalue weighted by Gasteiger charge is -2.06. The first-order valence-corrected chi connectivity index (χ1v) is 10.2. The molecule has 0 saturated heterocycles. The summed E-state index contributed by atoms with van der Waals surface area (Å²) in [6.45, 7) is 5.64. The Morgan fingerprint density at radius 1 is 0.970 bits per heavy atom. The van der Waals surface area contributed by atoms with Crippen LogP contribution in [0, 0.1) is 26.6 Å². The maximum Gasteiger partial charge on any atom is 0.335 e. The fourth-order valence-corrected chi connectivity index (χ4v) is 3.45. The lowest BCUT2D eigenvalue weighted by molar-refractivity contribution is 0.0697. The standard InChI is InChI=1S/C25H21FN4O3/c1-14-10-11-19(12-15(14)2)30-24(31)23(16(3)29-30)28-27-21-9-5-8-20(22(21)26)17-6-4-7-18(13-17)25(32)33/h4-13,29H,1-3H3,(H,32,33). The molecule has 0 amide bonds. The molecule has 0 aliphatic rings. The van der Waals surface area contributed by atoms with Crippen molar-refractivity contribution in [3.8, 4) is 16.8 Å². The summed E-state index contributed by atoms with van der Waals surface area (Å²) in [7, 11) is 0. The Morgan fingerprint density at radius 2 is 1.73 bits per heavy atom. The van der Waals surface area contributed by atoms with Crippen molar-refractivity contribution in [3.05, 3.63) is 99.2 Å². The number of halogens is 1. The van der Waals surface area contributed by atoms with Gasteiger partial charge in [0.15, 0.2) is 11.5 Å². The second-order valence-corrected chi connectivity index (χ2v) is 7.72. The molecule has 0 bridgehead atoms. The van der Waals surface area contributed by atoms with Gasteiger partial charge in [-0.2, -0.15) is 0 Å². The number of aromatic carboxylic acids is 1. The van der Waals surface area contributed by atoms with Crippen LogP contribution in [0.3, 0.4) is 0 Å². The van der Waals surface area contributed by atoms with Gasteiger partial charge in [0, 0.05) is 5.56 Å². The number of hydrogen-bond acceptors (Lipinski definition) is 4. The highest BCUT2D eigenvalue weighted by Crippen LogP contribution is 2.31. The van der Waals surface area contributed by atoms with E-state index < -0.39 is 17.3 Å². The Hall–Kier alpha value is -4.33. The van der Waals surface area contributed by atoms with Gasteiger partial charge in [-0.3, -0.25) is 9.89 Å². The highest BCUT2D eigenvalue weighted by atomic mass is 19.1. The number of H-pyrrole nitrogens is 1. The fraction of sp³-hybridized carbons (Fsp3) is 0.120. The van der Waals surface area contributed by atoms with E-state index >= 15 is 4.39 Å². The molecule has 33 heavy (non-hydrogen) atoms. The zero-order chi connectivity index (χ0) is 23.7. The molecule has 7 nitrogen and oxygen atoms in total. The third kappa shape index (κ3) is 4.23. The molecule has 0 aliphatic carbocycles. The quantitative estimate of drug-likeness (QED) is 0.369. The number of benzene rings is 3. The minimum atomic E-state index is -1.10. The van der Waals surface area contributed by atoms with E-state index in [0.717, 1.165) is 11.1 Å². The molecule has 4 aromatic rings. The maximum atomic E-state index is 15.2. The lowest BCUT2D eigenvalue weighted by Crippen LogP contribution is -2.14. The Bertz CT molecular complexity index is 1470. The second kappa shape index (κ2) is 8.66. The fourth-order valence-electron chi connectivity index (χ4n) is 3.45. The molecule has 0 radical (unpaired) electrons. The van der Waals surface area contributed by atoms with Crippen LogP contribution in [-0.2, 0) is 0 Å². The van der Waals surface area contributed by atoms with Gasteiger partial charge in [-0.05, 0) is 67.8 Å². The average molecular weight is 444 g/mol. The predicted octanol–water partition coefficient (Wildman–Crippen LogP) is 6.01. The van der Waals surface area contributed by atoms with Crippen LogP contribution in [-0.4, -0.2) is 20.9 Å². The number of nitrogens with one attached hydrogen (secondary N) is 1. The van der Waals surface area contributed by atoms with Crippen molar-refractivity contribution >= 4 is 17.3 Å². The largest absolute Gasteiger partial charge is 0.478 e. The van der Waals surface area contributed by atoms with Gasteiger partial charge in [-0.1, -0.05) is 30.3 Å². The van der Waals surface area contributed by atoms with E-state index in [1.165, 1.54) is 28.9 Å². The number of azo groups is 1.